The van der Waals surface area contributed by atoms with Crippen molar-refractivity contribution in [2.45, 2.75) is 55.9 Å². The maximum Gasteiger partial charge on any atom is 0.418 e. The fraction of sp³-hybridized carbons (Fsp3) is 0.417. The molecular formula is C24H27F6N3OS. The summed E-state index contributed by atoms with van der Waals surface area (Å²) in [5.41, 5.74) is -3.81. The van der Waals surface area contributed by atoms with Gasteiger partial charge in [0.2, 0.25) is 0 Å². The summed E-state index contributed by atoms with van der Waals surface area (Å²) < 4.78 is 96.8. The Bertz CT molecular complexity index is 1140. The molecule has 0 fully saturated rings. The second-order valence-corrected chi connectivity index (χ2v) is 10.4. The van der Waals surface area contributed by atoms with Crippen molar-refractivity contribution in [3.63, 3.8) is 0 Å². The van der Waals surface area contributed by atoms with Gasteiger partial charge in [0, 0.05) is 29.7 Å². The largest absolute Gasteiger partial charge is 0.418 e. The Balaban J connectivity index is 2.23. The molecule has 0 aromatic heterocycles. The van der Waals surface area contributed by atoms with E-state index in [1.54, 1.807) is 26.0 Å². The summed E-state index contributed by atoms with van der Waals surface area (Å²) in [6, 6.07) is 5.23. The highest BCUT2D eigenvalue weighted by Gasteiger charge is 2.53. The standard InChI is InChI=1S/C24H27F6N3OS/c1-5-33(21-10-8-6-7-9-20(21)23(25,26)27)15-17(2)32-35(4,34)19-13-11-18(12-14-19)22(3,16-31)24(28,29)30/h6,8-14,17H,4-5,7,15H2,1-3H3,(H,32,34). The number of halogens is 6. The number of rotatable bonds is 8. The first kappa shape index (κ1) is 28.5. The van der Waals surface area contributed by atoms with E-state index < -0.39 is 39.1 Å². The molecule has 1 aliphatic carbocycles. The predicted octanol–water partition coefficient (Wildman–Crippen LogP) is 5.65. The molecule has 0 amide bonds. The molecule has 2 rings (SSSR count). The summed E-state index contributed by atoms with van der Waals surface area (Å²) in [6.07, 6.45) is -3.56. The monoisotopic (exact) mass is 519 g/mol. The first-order chi connectivity index (χ1) is 16.1. The Hall–Kier alpha value is -2.71. The molecule has 0 heterocycles. The quantitative estimate of drug-likeness (QED) is 0.357. The second kappa shape index (κ2) is 10.5. The summed E-state index contributed by atoms with van der Waals surface area (Å²) in [4.78, 5) is 1.61. The van der Waals surface area contributed by atoms with E-state index in [2.05, 4.69) is 10.6 Å². The number of hydrogen-bond donors (Lipinski definition) is 1. The van der Waals surface area contributed by atoms with Crippen LogP contribution in [0.2, 0.25) is 0 Å². The van der Waals surface area contributed by atoms with Gasteiger partial charge in [0.15, 0.2) is 5.41 Å². The van der Waals surface area contributed by atoms with Crippen LogP contribution in [0, 0.1) is 11.3 Å². The molecule has 0 radical (unpaired) electrons. The van der Waals surface area contributed by atoms with Crippen LogP contribution in [0.4, 0.5) is 26.3 Å². The number of hydrogen-bond acceptors (Lipinski definition) is 3. The minimum Gasteiger partial charge on any atom is -0.370 e. The number of nitrogens with one attached hydrogen (secondary N) is 1. The summed E-state index contributed by atoms with van der Waals surface area (Å²) in [5.74, 6) is 3.65. The predicted molar refractivity (Wildman–Crippen MR) is 125 cm³/mol. The van der Waals surface area contributed by atoms with Gasteiger partial charge in [-0.05, 0) is 56.8 Å². The van der Waals surface area contributed by atoms with Crippen LogP contribution in [-0.2, 0) is 15.1 Å². The van der Waals surface area contributed by atoms with E-state index in [4.69, 9.17) is 5.26 Å². The molecule has 3 unspecified atom stereocenters. The van der Waals surface area contributed by atoms with E-state index in [1.165, 1.54) is 29.2 Å². The Morgan fingerprint density at radius 3 is 2.29 bits per heavy atom. The molecule has 0 saturated heterocycles. The van der Waals surface area contributed by atoms with E-state index in [0.29, 0.717) is 0 Å². The van der Waals surface area contributed by atoms with Gasteiger partial charge in [-0.2, -0.15) is 31.6 Å². The number of likely N-dealkylation sites (N-methyl/N-ethyl adjacent to an activating group) is 1. The highest BCUT2D eigenvalue weighted by Crippen LogP contribution is 2.40. The summed E-state index contributed by atoms with van der Waals surface area (Å²) in [6.45, 7) is 4.39. The van der Waals surface area contributed by atoms with Crippen LogP contribution in [-0.4, -0.2) is 46.5 Å². The molecule has 0 spiro atoms. The van der Waals surface area contributed by atoms with Gasteiger partial charge in [-0.15, -0.1) is 0 Å². The Morgan fingerprint density at radius 2 is 1.80 bits per heavy atom. The summed E-state index contributed by atoms with van der Waals surface area (Å²) in [7, 11) is -3.21. The molecule has 0 saturated carbocycles. The smallest absolute Gasteiger partial charge is 0.370 e. The number of alkyl halides is 6. The van der Waals surface area contributed by atoms with Gasteiger partial charge in [0.1, 0.15) is 0 Å². The molecule has 1 aromatic rings. The van der Waals surface area contributed by atoms with Gasteiger partial charge in [-0.25, -0.2) is 8.93 Å². The zero-order chi connectivity index (χ0) is 26.7. The first-order valence-corrected chi connectivity index (χ1v) is 12.4. The zero-order valence-electron chi connectivity index (χ0n) is 19.5. The first-order valence-electron chi connectivity index (χ1n) is 10.7. The molecule has 11 heteroatoms. The van der Waals surface area contributed by atoms with Crippen LogP contribution in [0.3, 0.4) is 0 Å². The van der Waals surface area contributed by atoms with Crippen molar-refractivity contribution >= 4 is 15.6 Å². The van der Waals surface area contributed by atoms with Gasteiger partial charge < -0.3 is 4.90 Å². The molecular weight excluding hydrogens is 492 g/mol. The maximum absolute atomic E-state index is 13.6. The van der Waals surface area contributed by atoms with Crippen LogP contribution < -0.4 is 4.72 Å². The van der Waals surface area contributed by atoms with Crippen molar-refractivity contribution in [3.8, 4) is 6.07 Å². The van der Waals surface area contributed by atoms with Crippen LogP contribution in [0.25, 0.3) is 0 Å². The number of nitrogens with zero attached hydrogens (tertiary/aromatic N) is 2. The van der Waals surface area contributed by atoms with Gasteiger partial charge in [0.25, 0.3) is 0 Å². The van der Waals surface area contributed by atoms with Crippen molar-refractivity contribution in [1.82, 2.24) is 9.62 Å². The molecule has 3 atom stereocenters. The maximum atomic E-state index is 13.6. The van der Waals surface area contributed by atoms with Gasteiger partial charge >= 0.3 is 12.4 Å². The van der Waals surface area contributed by atoms with Gasteiger partial charge in [0.05, 0.1) is 21.4 Å². The molecule has 4 nitrogen and oxygen atoms in total. The minimum atomic E-state index is -4.81. The third-order valence-electron chi connectivity index (χ3n) is 5.64. The van der Waals surface area contributed by atoms with Crippen LogP contribution in [0.15, 0.2) is 64.7 Å². The SMILES string of the molecule is C=S(=O)(NC(C)CN(CC)C1=CC=CCC=C1C(F)(F)F)c1ccc(C(C)(C#N)C(F)(F)F)cc1. The fourth-order valence-electron chi connectivity index (χ4n) is 3.61. The molecule has 35 heavy (non-hydrogen) atoms. The highest BCUT2D eigenvalue weighted by molar-refractivity contribution is 7.98. The normalized spacial score (nSPS) is 18.9. The average Bonchev–Trinajstić information content (AvgIpc) is 3.02. The molecule has 0 aliphatic heterocycles. The minimum absolute atomic E-state index is 0.00902. The van der Waals surface area contributed by atoms with Crippen molar-refractivity contribution < 1.29 is 30.6 Å². The molecule has 0 bridgehead atoms. The lowest BCUT2D eigenvalue weighted by Crippen LogP contribution is -2.42. The van der Waals surface area contributed by atoms with Crippen molar-refractivity contribution in [2.24, 2.45) is 0 Å². The topological polar surface area (TPSA) is 56.1 Å². The lowest BCUT2D eigenvalue weighted by molar-refractivity contribution is -0.168. The lowest BCUT2D eigenvalue weighted by Gasteiger charge is -2.31. The molecule has 1 aliphatic rings. The van der Waals surface area contributed by atoms with E-state index >= 15 is 0 Å². The van der Waals surface area contributed by atoms with Crippen molar-refractivity contribution in [2.75, 3.05) is 13.1 Å². The molecule has 1 aromatic carbocycles. The summed E-state index contributed by atoms with van der Waals surface area (Å²) in [5, 5.41) is 9.08. The van der Waals surface area contributed by atoms with E-state index in [0.717, 1.165) is 25.1 Å². The number of allylic oxidation sites excluding steroid dienone is 5. The van der Waals surface area contributed by atoms with Crippen LogP contribution >= 0.6 is 0 Å². The Morgan fingerprint density at radius 1 is 1.20 bits per heavy atom. The molecule has 1 N–H and O–H groups in total. The Labute approximate surface area is 201 Å². The van der Waals surface area contributed by atoms with Crippen LogP contribution in [0.5, 0.6) is 0 Å². The van der Waals surface area contributed by atoms with E-state index in [-0.39, 0.29) is 35.7 Å². The van der Waals surface area contributed by atoms with E-state index in [9.17, 15) is 30.6 Å². The highest BCUT2D eigenvalue weighted by atomic mass is 32.2. The Kier molecular flexibility index (Phi) is 8.56. The van der Waals surface area contributed by atoms with Gasteiger partial charge in [-0.3, -0.25) is 0 Å². The number of nitriles is 1. The van der Waals surface area contributed by atoms with Crippen molar-refractivity contribution in [1.29, 1.82) is 5.26 Å². The summed E-state index contributed by atoms with van der Waals surface area (Å²) >= 11 is 0. The third-order valence-corrected chi connectivity index (χ3v) is 7.46. The lowest BCUT2D eigenvalue weighted by atomic mass is 9.83. The van der Waals surface area contributed by atoms with Gasteiger partial charge in [-0.1, -0.05) is 30.4 Å². The second-order valence-electron chi connectivity index (χ2n) is 8.32. The fourth-order valence-corrected chi connectivity index (χ4v) is 5.05. The zero-order valence-corrected chi connectivity index (χ0v) is 20.3. The third kappa shape index (κ3) is 6.49. The van der Waals surface area contributed by atoms with E-state index in [1.807, 2.05) is 0 Å². The van der Waals surface area contributed by atoms with Crippen LogP contribution in [0.1, 0.15) is 32.8 Å². The van der Waals surface area contributed by atoms with Crippen molar-refractivity contribution in [3.05, 3.63) is 65.4 Å². The average molecular weight is 520 g/mol. The number of benzene rings is 1. The molecule has 192 valence electrons.